The van der Waals surface area contributed by atoms with E-state index in [0.29, 0.717) is 11.0 Å². The van der Waals surface area contributed by atoms with Gasteiger partial charge in [-0.15, -0.1) is 10.2 Å². The zero-order chi connectivity index (χ0) is 17.1. The van der Waals surface area contributed by atoms with E-state index >= 15 is 0 Å². The summed E-state index contributed by atoms with van der Waals surface area (Å²) in [7, 11) is 0. The molecule has 0 spiro atoms. The van der Waals surface area contributed by atoms with Gasteiger partial charge in [-0.25, -0.2) is 0 Å². The smallest absolute Gasteiger partial charge is 0.270 e. The minimum atomic E-state index is -0.562. The van der Waals surface area contributed by atoms with E-state index in [2.05, 4.69) is 15.5 Å². The number of anilines is 1. The summed E-state index contributed by atoms with van der Waals surface area (Å²) < 4.78 is 0. The fraction of sp³-hybridized carbons (Fsp3) is 0.400. The minimum Gasteiger partial charge on any atom is -0.296 e. The summed E-state index contributed by atoms with van der Waals surface area (Å²) in [5, 5.41) is 22.8. The number of carbonyl (C=O) groups is 1. The predicted molar refractivity (Wildman–Crippen MR) is 91.6 cm³/mol. The van der Waals surface area contributed by atoms with E-state index in [1.54, 1.807) is 0 Å². The van der Waals surface area contributed by atoms with Crippen LogP contribution in [0, 0.1) is 16.0 Å². The molecule has 0 unspecified atom stereocenters. The molecule has 0 saturated heterocycles. The van der Waals surface area contributed by atoms with Gasteiger partial charge in [0.05, 0.1) is 15.5 Å². The number of benzene rings is 1. The molecule has 2 aromatic rings. The number of carbonyl (C=O) groups excluding carboxylic acids is 1. The maximum absolute atomic E-state index is 12.2. The van der Waals surface area contributed by atoms with Crippen LogP contribution in [0.1, 0.15) is 41.0 Å². The topological polar surface area (TPSA) is 98.0 Å². The number of halogens is 1. The molecule has 0 radical (unpaired) electrons. The highest BCUT2D eigenvalue weighted by Gasteiger charge is 2.19. The molecule has 3 rings (SSSR count). The Morgan fingerprint density at radius 2 is 2.12 bits per heavy atom. The lowest BCUT2D eigenvalue weighted by Gasteiger charge is -2.04. The van der Waals surface area contributed by atoms with Crippen molar-refractivity contribution in [3.05, 3.63) is 43.9 Å². The van der Waals surface area contributed by atoms with Crippen molar-refractivity contribution >= 4 is 39.7 Å². The number of non-ortho nitro benzene ring substituents is 1. The summed E-state index contributed by atoms with van der Waals surface area (Å²) in [6.45, 7) is 0. The number of hydrogen-bond acceptors (Lipinski definition) is 6. The average molecular weight is 367 g/mol. The summed E-state index contributed by atoms with van der Waals surface area (Å²) in [4.78, 5) is 22.4. The molecule has 9 heteroatoms. The van der Waals surface area contributed by atoms with Gasteiger partial charge in [0.2, 0.25) is 5.13 Å². The van der Waals surface area contributed by atoms with Crippen LogP contribution in [0.15, 0.2) is 18.2 Å². The zero-order valence-electron chi connectivity index (χ0n) is 12.7. The van der Waals surface area contributed by atoms with E-state index in [9.17, 15) is 14.9 Å². The van der Waals surface area contributed by atoms with Crippen LogP contribution >= 0.6 is 22.9 Å². The van der Waals surface area contributed by atoms with Crippen LogP contribution in [-0.4, -0.2) is 21.0 Å². The van der Waals surface area contributed by atoms with Crippen molar-refractivity contribution < 1.29 is 9.72 Å². The minimum absolute atomic E-state index is 0.0254. The third-order valence-electron chi connectivity index (χ3n) is 4.03. The summed E-state index contributed by atoms with van der Waals surface area (Å²) in [6.07, 6.45) is 5.88. The SMILES string of the molecule is O=C(Nc1nnc(CC2CCCC2)s1)c1ccc([N+](=O)[O-])cc1Cl. The lowest BCUT2D eigenvalue weighted by molar-refractivity contribution is -0.384. The van der Waals surface area contributed by atoms with Gasteiger partial charge in [0.25, 0.3) is 11.6 Å². The van der Waals surface area contributed by atoms with Crippen LogP contribution in [0.25, 0.3) is 0 Å². The van der Waals surface area contributed by atoms with Crippen LogP contribution in [0.4, 0.5) is 10.8 Å². The van der Waals surface area contributed by atoms with Gasteiger partial charge < -0.3 is 0 Å². The molecule has 1 aliphatic carbocycles. The molecule has 24 heavy (non-hydrogen) atoms. The number of nitro groups is 1. The summed E-state index contributed by atoms with van der Waals surface area (Å²) in [6, 6.07) is 3.73. The van der Waals surface area contributed by atoms with Gasteiger partial charge in [-0.05, 0) is 12.0 Å². The van der Waals surface area contributed by atoms with E-state index in [-0.39, 0.29) is 16.3 Å². The van der Waals surface area contributed by atoms with Crippen LogP contribution in [0.2, 0.25) is 5.02 Å². The van der Waals surface area contributed by atoms with Crippen LogP contribution in [0.5, 0.6) is 0 Å². The monoisotopic (exact) mass is 366 g/mol. The first-order valence-corrected chi connectivity index (χ1v) is 8.80. The van der Waals surface area contributed by atoms with Gasteiger partial charge in [0.15, 0.2) is 0 Å². The Morgan fingerprint density at radius 3 is 2.79 bits per heavy atom. The van der Waals surface area contributed by atoms with Crippen molar-refractivity contribution in [3.63, 3.8) is 0 Å². The zero-order valence-corrected chi connectivity index (χ0v) is 14.3. The number of rotatable bonds is 5. The summed E-state index contributed by atoms with van der Waals surface area (Å²) >= 11 is 7.31. The lowest BCUT2D eigenvalue weighted by Crippen LogP contribution is -2.12. The van der Waals surface area contributed by atoms with Crippen molar-refractivity contribution in [1.82, 2.24) is 10.2 Å². The van der Waals surface area contributed by atoms with E-state index in [1.165, 1.54) is 49.2 Å². The fourth-order valence-corrected chi connectivity index (χ4v) is 3.92. The Bertz CT molecular complexity index is 774. The third kappa shape index (κ3) is 3.88. The number of nitrogens with one attached hydrogen (secondary N) is 1. The van der Waals surface area contributed by atoms with Crippen LogP contribution in [-0.2, 0) is 6.42 Å². The van der Waals surface area contributed by atoms with E-state index < -0.39 is 10.8 Å². The van der Waals surface area contributed by atoms with Crippen LogP contribution < -0.4 is 5.32 Å². The number of aromatic nitrogens is 2. The Labute approximate surface area is 147 Å². The van der Waals surface area contributed by atoms with Crippen molar-refractivity contribution in [2.45, 2.75) is 32.1 Å². The first-order valence-electron chi connectivity index (χ1n) is 7.60. The molecule has 1 aromatic heterocycles. The molecule has 1 amide bonds. The van der Waals surface area contributed by atoms with Gasteiger partial charge in [0.1, 0.15) is 5.01 Å². The first-order chi connectivity index (χ1) is 11.5. The number of hydrogen-bond donors (Lipinski definition) is 1. The number of nitro benzene ring substituents is 1. The van der Waals surface area contributed by atoms with E-state index in [1.807, 2.05) is 0 Å². The number of nitrogens with zero attached hydrogens (tertiary/aromatic N) is 3. The molecule has 1 aromatic carbocycles. The van der Waals surface area contributed by atoms with Crippen molar-refractivity contribution in [2.75, 3.05) is 5.32 Å². The molecular formula is C15H15ClN4O3S. The maximum atomic E-state index is 12.2. The van der Waals surface area contributed by atoms with E-state index in [0.717, 1.165) is 17.5 Å². The molecule has 7 nitrogen and oxygen atoms in total. The molecule has 1 aliphatic rings. The van der Waals surface area contributed by atoms with Gasteiger partial charge in [-0.2, -0.15) is 0 Å². The van der Waals surface area contributed by atoms with Gasteiger partial charge in [-0.1, -0.05) is 48.6 Å². The van der Waals surface area contributed by atoms with E-state index in [4.69, 9.17) is 11.6 Å². The third-order valence-corrected chi connectivity index (χ3v) is 5.21. The quantitative estimate of drug-likeness (QED) is 0.634. The Morgan fingerprint density at radius 1 is 1.38 bits per heavy atom. The highest BCUT2D eigenvalue weighted by atomic mass is 35.5. The Hall–Kier alpha value is -2.06. The Balaban J connectivity index is 1.66. The molecule has 1 N–H and O–H groups in total. The van der Waals surface area contributed by atoms with Crippen molar-refractivity contribution in [1.29, 1.82) is 0 Å². The standard InChI is InChI=1S/C15H15ClN4O3S/c16-12-8-10(20(22)23)5-6-11(12)14(21)17-15-19-18-13(24-15)7-9-3-1-2-4-9/h5-6,8-9H,1-4,7H2,(H,17,19,21). The van der Waals surface area contributed by atoms with Crippen molar-refractivity contribution in [3.8, 4) is 0 Å². The average Bonchev–Trinajstić information content (AvgIpc) is 3.19. The number of amides is 1. The van der Waals surface area contributed by atoms with Gasteiger partial charge in [-0.3, -0.25) is 20.2 Å². The second-order valence-electron chi connectivity index (χ2n) is 5.73. The molecule has 0 bridgehead atoms. The van der Waals surface area contributed by atoms with Crippen LogP contribution in [0.3, 0.4) is 0 Å². The fourth-order valence-electron chi connectivity index (χ4n) is 2.81. The molecular weight excluding hydrogens is 352 g/mol. The summed E-state index contributed by atoms with van der Waals surface area (Å²) in [5.74, 6) is 0.198. The van der Waals surface area contributed by atoms with Crippen molar-refractivity contribution in [2.24, 2.45) is 5.92 Å². The first kappa shape index (κ1) is 16.8. The second-order valence-corrected chi connectivity index (χ2v) is 7.20. The summed E-state index contributed by atoms with van der Waals surface area (Å²) in [5.41, 5.74) is 0.00104. The molecule has 0 aliphatic heterocycles. The molecule has 1 heterocycles. The molecule has 126 valence electrons. The Kier molecular flexibility index (Phi) is 5.06. The normalized spacial score (nSPS) is 14.7. The van der Waals surface area contributed by atoms with Gasteiger partial charge in [0, 0.05) is 18.6 Å². The molecule has 1 saturated carbocycles. The predicted octanol–water partition coefficient (Wildman–Crippen LogP) is 4.08. The molecule has 1 fully saturated rings. The largest absolute Gasteiger partial charge is 0.296 e. The highest BCUT2D eigenvalue weighted by Crippen LogP contribution is 2.30. The maximum Gasteiger partial charge on any atom is 0.270 e. The molecule has 0 atom stereocenters. The second kappa shape index (κ2) is 7.23. The highest BCUT2D eigenvalue weighted by molar-refractivity contribution is 7.15. The lowest BCUT2D eigenvalue weighted by atomic mass is 10.1. The van der Waals surface area contributed by atoms with Gasteiger partial charge >= 0.3 is 0 Å².